The zero-order valence-corrected chi connectivity index (χ0v) is 22.6. The molecule has 0 unspecified atom stereocenters. The largest absolute Gasteiger partial charge is 0.497 e. The van der Waals surface area contributed by atoms with Crippen molar-refractivity contribution in [2.24, 2.45) is 0 Å². The second kappa shape index (κ2) is 10.5. The Labute approximate surface area is 226 Å². The van der Waals surface area contributed by atoms with Crippen molar-refractivity contribution in [1.29, 1.82) is 0 Å². The number of aryl methyl sites for hydroxylation is 1. The lowest BCUT2D eigenvalue weighted by Crippen LogP contribution is -2.25. The molecule has 0 radical (unpaired) electrons. The van der Waals surface area contributed by atoms with Crippen LogP contribution < -0.4 is 24.4 Å². The van der Waals surface area contributed by atoms with Gasteiger partial charge < -0.3 is 24.4 Å². The Morgan fingerprint density at radius 3 is 2.46 bits per heavy atom. The first-order valence-corrected chi connectivity index (χ1v) is 12.6. The molecule has 3 heterocycles. The third-order valence-corrected chi connectivity index (χ3v) is 7.12. The van der Waals surface area contributed by atoms with Crippen LogP contribution >= 0.6 is 0 Å². The van der Waals surface area contributed by atoms with Crippen LogP contribution in [0.15, 0.2) is 42.7 Å². The second-order valence-corrected chi connectivity index (χ2v) is 9.59. The minimum Gasteiger partial charge on any atom is -0.497 e. The van der Waals surface area contributed by atoms with E-state index in [1.807, 2.05) is 44.2 Å². The van der Waals surface area contributed by atoms with Crippen molar-refractivity contribution >= 4 is 22.5 Å². The normalized spacial score (nSPS) is 14.5. The van der Waals surface area contributed by atoms with Gasteiger partial charge in [0.05, 0.1) is 33.6 Å². The van der Waals surface area contributed by atoms with Gasteiger partial charge in [0, 0.05) is 47.7 Å². The van der Waals surface area contributed by atoms with Crippen LogP contribution in [-0.2, 0) is 6.54 Å². The third-order valence-electron chi connectivity index (χ3n) is 7.12. The molecule has 0 atom stereocenters. The van der Waals surface area contributed by atoms with E-state index in [4.69, 9.17) is 19.2 Å². The van der Waals surface area contributed by atoms with Crippen LogP contribution in [0.2, 0.25) is 0 Å². The Kier molecular flexibility index (Phi) is 7.12. The molecule has 4 aromatic rings. The van der Waals surface area contributed by atoms with Crippen molar-refractivity contribution in [3.63, 3.8) is 0 Å². The number of alkyl halides is 2. The number of ether oxygens (including phenoxy) is 3. The summed E-state index contributed by atoms with van der Waals surface area (Å²) in [6.45, 7) is 4.18. The summed E-state index contributed by atoms with van der Waals surface area (Å²) in [4.78, 5) is 15.6. The molecule has 8 nitrogen and oxygen atoms in total. The van der Waals surface area contributed by atoms with Crippen LogP contribution in [0, 0.1) is 13.8 Å². The number of methoxy groups -OCH3 is 3. The van der Waals surface area contributed by atoms with Gasteiger partial charge in [-0.1, -0.05) is 6.07 Å². The molecule has 204 valence electrons. The van der Waals surface area contributed by atoms with Gasteiger partial charge in [0.1, 0.15) is 40.7 Å². The Hall–Kier alpha value is -4.21. The lowest BCUT2D eigenvalue weighted by Gasteiger charge is -2.21. The van der Waals surface area contributed by atoms with Gasteiger partial charge in [-0.15, -0.1) is 0 Å². The number of anilines is 2. The lowest BCUT2D eigenvalue weighted by atomic mass is 9.97. The molecule has 1 N–H and O–H groups in total. The molecular formula is C29H31F2N5O3. The maximum absolute atomic E-state index is 14.2. The molecule has 1 aliphatic rings. The van der Waals surface area contributed by atoms with E-state index in [9.17, 15) is 8.78 Å². The van der Waals surface area contributed by atoms with Gasteiger partial charge >= 0.3 is 0 Å². The van der Waals surface area contributed by atoms with Crippen LogP contribution in [0.3, 0.4) is 0 Å². The van der Waals surface area contributed by atoms with Crippen molar-refractivity contribution in [2.75, 3.05) is 44.6 Å². The van der Waals surface area contributed by atoms with Crippen molar-refractivity contribution in [3.05, 3.63) is 59.4 Å². The van der Waals surface area contributed by atoms with Crippen LogP contribution in [0.5, 0.6) is 17.2 Å². The van der Waals surface area contributed by atoms with Gasteiger partial charge in [-0.3, -0.25) is 0 Å². The van der Waals surface area contributed by atoms with E-state index in [0.717, 1.165) is 22.3 Å². The Balaban J connectivity index is 1.65. The van der Waals surface area contributed by atoms with Crippen molar-refractivity contribution in [1.82, 2.24) is 15.0 Å². The van der Waals surface area contributed by atoms with E-state index >= 15 is 0 Å². The predicted molar refractivity (Wildman–Crippen MR) is 147 cm³/mol. The molecule has 0 aliphatic carbocycles. The van der Waals surface area contributed by atoms with Gasteiger partial charge in [0.15, 0.2) is 0 Å². The van der Waals surface area contributed by atoms with E-state index in [2.05, 4.69) is 15.3 Å². The number of aromatic nitrogens is 3. The van der Waals surface area contributed by atoms with Crippen LogP contribution in [0.4, 0.5) is 20.4 Å². The fourth-order valence-electron chi connectivity index (χ4n) is 5.05. The number of pyridine rings is 1. The fraction of sp³-hybridized carbons (Fsp3) is 0.345. The van der Waals surface area contributed by atoms with Crippen molar-refractivity contribution in [2.45, 2.75) is 32.7 Å². The molecule has 2 aromatic heterocycles. The molecule has 1 aliphatic heterocycles. The molecule has 1 fully saturated rings. The Morgan fingerprint density at radius 1 is 0.974 bits per heavy atom. The Bertz CT molecular complexity index is 1530. The van der Waals surface area contributed by atoms with Crippen LogP contribution in [0.1, 0.15) is 23.1 Å². The summed E-state index contributed by atoms with van der Waals surface area (Å²) in [5, 5.41) is 4.07. The van der Waals surface area contributed by atoms with Gasteiger partial charge in [-0.05, 0) is 43.7 Å². The molecule has 1 saturated heterocycles. The number of halogens is 2. The predicted octanol–water partition coefficient (Wildman–Crippen LogP) is 5.79. The average molecular weight is 536 g/mol. The highest BCUT2D eigenvalue weighted by Gasteiger charge is 2.39. The molecule has 10 heteroatoms. The molecule has 0 bridgehead atoms. The molecule has 0 spiro atoms. The van der Waals surface area contributed by atoms with Crippen molar-refractivity contribution < 1.29 is 23.0 Å². The minimum absolute atomic E-state index is 0.209. The Morgan fingerprint density at radius 2 is 1.77 bits per heavy atom. The lowest BCUT2D eigenvalue weighted by molar-refractivity contribution is 0.0256. The highest BCUT2D eigenvalue weighted by atomic mass is 19.3. The highest BCUT2D eigenvalue weighted by Crippen LogP contribution is 2.40. The smallest absolute Gasteiger partial charge is 0.266 e. The summed E-state index contributed by atoms with van der Waals surface area (Å²) in [6.07, 6.45) is 1.27. The summed E-state index contributed by atoms with van der Waals surface area (Å²) < 4.78 is 44.9. The fourth-order valence-corrected chi connectivity index (χ4v) is 5.05. The second-order valence-electron chi connectivity index (χ2n) is 9.59. The van der Waals surface area contributed by atoms with Crippen molar-refractivity contribution in [3.8, 4) is 28.5 Å². The molecule has 39 heavy (non-hydrogen) atoms. The molecule has 0 amide bonds. The third kappa shape index (κ3) is 5.10. The first kappa shape index (κ1) is 26.4. The summed E-state index contributed by atoms with van der Waals surface area (Å²) in [5.74, 6) is 0.323. The van der Waals surface area contributed by atoms with Gasteiger partial charge in [-0.2, -0.15) is 0 Å². The van der Waals surface area contributed by atoms with E-state index in [1.165, 1.54) is 6.33 Å². The highest BCUT2D eigenvalue weighted by molar-refractivity contribution is 6.00. The van der Waals surface area contributed by atoms with E-state index in [1.54, 1.807) is 32.3 Å². The molecule has 5 rings (SSSR count). The summed E-state index contributed by atoms with van der Waals surface area (Å²) in [7, 11) is 4.82. The van der Waals surface area contributed by atoms with Gasteiger partial charge in [0.2, 0.25) is 0 Å². The number of hydrogen-bond acceptors (Lipinski definition) is 8. The first-order valence-electron chi connectivity index (χ1n) is 12.6. The maximum Gasteiger partial charge on any atom is 0.266 e. The van der Waals surface area contributed by atoms with E-state index < -0.39 is 5.92 Å². The van der Waals surface area contributed by atoms with Crippen LogP contribution in [-0.4, -0.2) is 55.3 Å². The molecular weight excluding hydrogens is 504 g/mol. The molecule has 0 saturated carbocycles. The monoisotopic (exact) mass is 535 g/mol. The van der Waals surface area contributed by atoms with E-state index in [-0.39, 0.29) is 19.5 Å². The van der Waals surface area contributed by atoms with E-state index in [0.29, 0.717) is 52.0 Å². The van der Waals surface area contributed by atoms with Gasteiger partial charge in [0.25, 0.3) is 5.92 Å². The number of nitrogens with one attached hydrogen (secondary N) is 1. The molecule has 2 aromatic carbocycles. The van der Waals surface area contributed by atoms with Crippen LogP contribution in [0.25, 0.3) is 22.2 Å². The standard InChI is InChI=1S/C29H31F2N5O3/c1-17-6-9-22(38-4)18(2)25(17)27-26-21(13-24(35-27)36-11-10-29(30,31)15-36)28(34-16-33-26)32-14-19-7-8-20(37-3)12-23(19)39-5/h6-9,12-13,16H,10-11,14-15H2,1-5H3,(H,32,33,34). The summed E-state index contributed by atoms with van der Waals surface area (Å²) in [5.41, 5.74) is 4.84. The van der Waals surface area contributed by atoms with Gasteiger partial charge in [-0.25, -0.2) is 23.7 Å². The quantitative estimate of drug-likeness (QED) is 0.304. The zero-order chi connectivity index (χ0) is 27.7. The minimum atomic E-state index is -2.77. The maximum atomic E-state index is 14.2. The first-order chi connectivity index (χ1) is 18.7. The number of rotatable bonds is 8. The summed E-state index contributed by atoms with van der Waals surface area (Å²) >= 11 is 0. The number of hydrogen-bond donors (Lipinski definition) is 1. The topological polar surface area (TPSA) is 81.6 Å². The SMILES string of the molecule is COc1ccc(CNc2ncnc3c(-c4c(C)ccc(OC)c4C)nc(N4CCC(F)(F)C4)cc23)c(OC)c1. The summed E-state index contributed by atoms with van der Waals surface area (Å²) in [6, 6.07) is 11.3. The number of nitrogens with zero attached hydrogens (tertiary/aromatic N) is 4. The average Bonchev–Trinajstić information content (AvgIpc) is 3.31. The zero-order valence-electron chi connectivity index (χ0n) is 22.6. The number of benzene rings is 2. The number of fused-ring (bicyclic) bond motifs is 1.